The van der Waals surface area contributed by atoms with E-state index in [0.29, 0.717) is 0 Å². The van der Waals surface area contributed by atoms with Gasteiger partial charge in [0.15, 0.2) is 0 Å². The minimum absolute atomic E-state index is 0.0224. The Kier molecular flexibility index (Phi) is 12.4. The molecule has 198 valence electrons. The zero-order chi connectivity index (χ0) is 27.3. The van der Waals surface area contributed by atoms with Crippen molar-refractivity contribution in [1.29, 1.82) is 0 Å². The molecule has 4 amide bonds. The highest BCUT2D eigenvalue weighted by Crippen LogP contribution is 2.04. The highest BCUT2D eigenvalue weighted by atomic mass is 16.5. The number of benzene rings is 1. The molecule has 5 N–H and O–H groups in total. The van der Waals surface area contributed by atoms with Crippen LogP contribution in [0.25, 0.3) is 0 Å². The van der Waals surface area contributed by atoms with Crippen LogP contribution in [-0.2, 0) is 40.1 Å². The fourth-order valence-electron chi connectivity index (χ4n) is 2.86. The van der Waals surface area contributed by atoms with Crippen LogP contribution in [0.1, 0.15) is 32.8 Å². The predicted molar refractivity (Wildman–Crippen MR) is 125 cm³/mol. The van der Waals surface area contributed by atoms with E-state index in [-0.39, 0.29) is 12.5 Å². The lowest BCUT2D eigenvalue weighted by atomic mass is 10.0. The van der Waals surface area contributed by atoms with Gasteiger partial charge in [-0.05, 0) is 18.4 Å². The Labute approximate surface area is 208 Å². The van der Waals surface area contributed by atoms with E-state index in [1.165, 1.54) is 6.92 Å². The number of alkyl carbamates (subject to hydrolysis) is 1. The third kappa shape index (κ3) is 10.8. The van der Waals surface area contributed by atoms with E-state index in [4.69, 9.17) is 9.84 Å². The van der Waals surface area contributed by atoms with Crippen LogP contribution in [0.15, 0.2) is 30.3 Å². The van der Waals surface area contributed by atoms with Crippen LogP contribution >= 0.6 is 0 Å². The second kappa shape index (κ2) is 15.0. The molecule has 0 bridgehead atoms. The van der Waals surface area contributed by atoms with Gasteiger partial charge in [0.25, 0.3) is 0 Å². The van der Waals surface area contributed by atoms with Crippen molar-refractivity contribution < 1.29 is 43.3 Å². The maximum Gasteiger partial charge on any atom is 0.407 e. The van der Waals surface area contributed by atoms with E-state index in [9.17, 15) is 28.8 Å². The lowest BCUT2D eigenvalue weighted by molar-refractivity contribution is -0.149. The number of carboxylic acid groups (broad SMARTS) is 1. The molecule has 0 spiro atoms. The number of carbonyl (C=O) groups excluding carboxylic acids is 5. The Balaban J connectivity index is 2.58. The van der Waals surface area contributed by atoms with Gasteiger partial charge in [0.2, 0.25) is 17.7 Å². The van der Waals surface area contributed by atoms with Crippen LogP contribution in [0, 0.1) is 5.92 Å². The number of rotatable bonds is 13. The van der Waals surface area contributed by atoms with Gasteiger partial charge in [-0.1, -0.05) is 44.2 Å². The smallest absolute Gasteiger partial charge is 0.407 e. The monoisotopic (exact) mass is 508 g/mol. The quantitative estimate of drug-likeness (QED) is 0.223. The van der Waals surface area contributed by atoms with Crippen LogP contribution in [0.4, 0.5) is 4.79 Å². The van der Waals surface area contributed by atoms with E-state index >= 15 is 0 Å². The van der Waals surface area contributed by atoms with Crippen molar-refractivity contribution in [2.24, 2.45) is 5.92 Å². The zero-order valence-electron chi connectivity index (χ0n) is 20.5. The summed E-state index contributed by atoms with van der Waals surface area (Å²) in [4.78, 5) is 71.8. The number of amides is 4. The van der Waals surface area contributed by atoms with Crippen molar-refractivity contribution in [3.8, 4) is 0 Å². The Bertz CT molecular complexity index is 937. The number of nitrogens with one attached hydrogen (secondary N) is 4. The fourth-order valence-corrected chi connectivity index (χ4v) is 2.86. The summed E-state index contributed by atoms with van der Waals surface area (Å²) in [6.07, 6.45) is -1.52. The number of methoxy groups -OCH3 is 1. The summed E-state index contributed by atoms with van der Waals surface area (Å²) in [5.74, 6) is -4.85. The molecule has 0 aromatic heterocycles. The van der Waals surface area contributed by atoms with Crippen LogP contribution in [0.5, 0.6) is 0 Å². The van der Waals surface area contributed by atoms with E-state index in [0.717, 1.165) is 12.7 Å². The molecule has 0 aliphatic heterocycles. The van der Waals surface area contributed by atoms with Crippen LogP contribution in [0.2, 0.25) is 0 Å². The van der Waals surface area contributed by atoms with E-state index in [2.05, 4.69) is 26.0 Å². The van der Waals surface area contributed by atoms with Gasteiger partial charge in [-0.15, -0.1) is 0 Å². The second-order valence-corrected chi connectivity index (χ2v) is 8.12. The summed E-state index contributed by atoms with van der Waals surface area (Å²) >= 11 is 0. The van der Waals surface area contributed by atoms with Gasteiger partial charge in [-0.3, -0.25) is 19.2 Å². The summed E-state index contributed by atoms with van der Waals surface area (Å²) in [5.41, 5.74) is 0.771. The normalized spacial score (nSPS) is 12.9. The Hall–Kier alpha value is -4.16. The van der Waals surface area contributed by atoms with Crippen molar-refractivity contribution >= 4 is 35.8 Å². The molecule has 0 unspecified atom stereocenters. The average Bonchev–Trinajstić information content (AvgIpc) is 2.83. The Morgan fingerprint density at radius 3 is 2.11 bits per heavy atom. The molecule has 1 aromatic rings. The standard InChI is InChI=1S/C23H32N4O9/c1-13(2)19(27-17(28)11-24-23(34)36-12-15-8-6-5-7-9-15)21(32)25-14(3)20(31)26-16(10-18(29)30)22(33)35-4/h5-9,13-14,16,19H,10-12H2,1-4H3,(H,24,34)(H,25,32)(H,26,31)(H,27,28)(H,29,30)/t14-,16-,19-/m0/s1. The highest BCUT2D eigenvalue weighted by Gasteiger charge is 2.30. The third-order valence-corrected chi connectivity index (χ3v) is 4.80. The number of hydrogen-bond acceptors (Lipinski definition) is 8. The minimum Gasteiger partial charge on any atom is -0.481 e. The van der Waals surface area contributed by atoms with E-state index < -0.39 is 66.8 Å². The number of ether oxygens (including phenoxy) is 2. The maximum absolute atomic E-state index is 12.7. The molecule has 1 aromatic carbocycles. The largest absolute Gasteiger partial charge is 0.481 e. The van der Waals surface area contributed by atoms with Gasteiger partial charge in [0.05, 0.1) is 13.5 Å². The van der Waals surface area contributed by atoms with Gasteiger partial charge in [0.1, 0.15) is 31.3 Å². The van der Waals surface area contributed by atoms with Gasteiger partial charge in [0, 0.05) is 0 Å². The average molecular weight is 509 g/mol. The topological polar surface area (TPSA) is 189 Å². The zero-order valence-corrected chi connectivity index (χ0v) is 20.5. The van der Waals surface area contributed by atoms with Crippen molar-refractivity contribution in [3.05, 3.63) is 35.9 Å². The first-order valence-corrected chi connectivity index (χ1v) is 11.1. The number of aliphatic carboxylic acids is 1. The predicted octanol–water partition coefficient (Wildman–Crippen LogP) is -0.309. The lowest BCUT2D eigenvalue weighted by Gasteiger charge is -2.24. The van der Waals surface area contributed by atoms with E-state index in [1.54, 1.807) is 38.1 Å². The third-order valence-electron chi connectivity index (χ3n) is 4.80. The van der Waals surface area contributed by atoms with Crippen LogP contribution < -0.4 is 21.3 Å². The lowest BCUT2D eigenvalue weighted by Crippen LogP contribution is -2.57. The molecule has 0 aliphatic carbocycles. The molecule has 0 fully saturated rings. The van der Waals surface area contributed by atoms with Crippen LogP contribution in [0.3, 0.4) is 0 Å². The molecule has 13 nitrogen and oxygen atoms in total. The summed E-state index contributed by atoms with van der Waals surface area (Å²) in [5, 5.41) is 18.3. The number of esters is 1. The SMILES string of the molecule is COC(=O)[C@H](CC(=O)O)NC(=O)[C@H](C)NC(=O)[C@@H](NC(=O)CNC(=O)OCc1ccccc1)C(C)C. The molecular formula is C23H32N4O9. The highest BCUT2D eigenvalue weighted by molar-refractivity contribution is 5.94. The Morgan fingerprint density at radius 2 is 1.56 bits per heavy atom. The fraction of sp³-hybridized carbons (Fsp3) is 0.478. The molecule has 0 saturated carbocycles. The first-order valence-electron chi connectivity index (χ1n) is 11.1. The minimum atomic E-state index is -1.44. The molecule has 0 heterocycles. The molecule has 1 rings (SSSR count). The maximum atomic E-state index is 12.7. The van der Waals surface area contributed by atoms with Gasteiger partial charge < -0.3 is 35.8 Å². The Morgan fingerprint density at radius 1 is 0.917 bits per heavy atom. The van der Waals surface area contributed by atoms with Gasteiger partial charge in [-0.2, -0.15) is 0 Å². The first-order chi connectivity index (χ1) is 16.9. The van der Waals surface area contributed by atoms with Gasteiger partial charge >= 0.3 is 18.0 Å². The van der Waals surface area contributed by atoms with E-state index in [1.807, 2.05) is 6.07 Å². The summed E-state index contributed by atoms with van der Waals surface area (Å²) in [6, 6.07) is 5.30. The molecule has 13 heteroatoms. The summed E-state index contributed by atoms with van der Waals surface area (Å²) < 4.78 is 9.49. The molecule has 36 heavy (non-hydrogen) atoms. The van der Waals surface area contributed by atoms with Crippen molar-refractivity contribution in [2.45, 2.75) is 51.9 Å². The second-order valence-electron chi connectivity index (χ2n) is 8.12. The molecule has 0 aliphatic rings. The summed E-state index contributed by atoms with van der Waals surface area (Å²) in [7, 11) is 1.04. The first kappa shape index (κ1) is 29.9. The van der Waals surface area contributed by atoms with Crippen molar-refractivity contribution in [3.63, 3.8) is 0 Å². The summed E-state index contributed by atoms with van der Waals surface area (Å²) in [6.45, 7) is 4.23. The number of hydrogen-bond donors (Lipinski definition) is 5. The number of carbonyl (C=O) groups is 6. The molecule has 3 atom stereocenters. The van der Waals surface area contributed by atoms with Gasteiger partial charge in [-0.25, -0.2) is 9.59 Å². The van der Waals surface area contributed by atoms with Crippen molar-refractivity contribution in [1.82, 2.24) is 21.3 Å². The van der Waals surface area contributed by atoms with Crippen LogP contribution in [-0.4, -0.2) is 72.6 Å². The number of carboxylic acids is 1. The van der Waals surface area contributed by atoms with Crippen molar-refractivity contribution in [2.75, 3.05) is 13.7 Å². The molecular weight excluding hydrogens is 476 g/mol. The molecule has 0 saturated heterocycles. The molecule has 0 radical (unpaired) electrons.